The smallest absolute Gasteiger partial charge is 0.252 e. The van der Waals surface area contributed by atoms with Crippen molar-refractivity contribution in [2.24, 2.45) is 0 Å². The van der Waals surface area contributed by atoms with Gasteiger partial charge in [0.2, 0.25) is 15.9 Å². The maximum atomic E-state index is 13.5. The summed E-state index contributed by atoms with van der Waals surface area (Å²) in [5.41, 5.74) is 1.39. The average Bonchev–Trinajstić information content (AvgIpc) is 3.40. The summed E-state index contributed by atoms with van der Waals surface area (Å²) in [6.07, 6.45) is 1.16. The summed E-state index contributed by atoms with van der Waals surface area (Å²) >= 11 is 0. The zero-order chi connectivity index (χ0) is 22.9. The number of sulfonamides is 1. The number of aryl methyl sites for hydroxylation is 1. The molecule has 0 N–H and O–H groups in total. The number of carbonyl (C=O) groups excluding carboxylic acids is 2. The Kier molecular flexibility index (Phi) is 5.86. The van der Waals surface area contributed by atoms with Gasteiger partial charge in [-0.15, -0.1) is 0 Å². The molecule has 0 bridgehead atoms. The fourth-order valence-corrected chi connectivity index (χ4v) is 5.16. The van der Waals surface area contributed by atoms with E-state index in [0.717, 1.165) is 14.8 Å². The van der Waals surface area contributed by atoms with Crippen LogP contribution in [-0.2, 0) is 26.2 Å². The van der Waals surface area contributed by atoms with Crippen molar-refractivity contribution in [3.63, 3.8) is 0 Å². The number of rotatable bonds is 7. The van der Waals surface area contributed by atoms with Crippen LogP contribution in [-0.4, -0.2) is 37.7 Å². The van der Waals surface area contributed by atoms with Crippen LogP contribution in [0.25, 0.3) is 0 Å². The Hall–Kier alpha value is -3.43. The van der Waals surface area contributed by atoms with E-state index in [1.165, 1.54) is 37.6 Å². The van der Waals surface area contributed by atoms with Crippen molar-refractivity contribution >= 4 is 27.5 Å². The van der Waals surface area contributed by atoms with Crippen LogP contribution in [0.1, 0.15) is 17.7 Å². The minimum absolute atomic E-state index is 0.0149. The first-order chi connectivity index (χ1) is 15.3. The van der Waals surface area contributed by atoms with E-state index in [1.807, 2.05) is 6.92 Å². The van der Waals surface area contributed by atoms with Crippen LogP contribution >= 0.6 is 0 Å². The molecule has 166 valence electrons. The summed E-state index contributed by atoms with van der Waals surface area (Å²) in [6, 6.07) is 14.8. The summed E-state index contributed by atoms with van der Waals surface area (Å²) in [4.78, 5) is 27.1. The highest BCUT2D eigenvalue weighted by atomic mass is 32.2. The van der Waals surface area contributed by atoms with Crippen molar-refractivity contribution in [1.29, 1.82) is 0 Å². The van der Waals surface area contributed by atoms with Crippen molar-refractivity contribution in [2.45, 2.75) is 30.8 Å². The van der Waals surface area contributed by atoms with Gasteiger partial charge in [-0.25, -0.2) is 13.3 Å². The number of hydrogen-bond donors (Lipinski definition) is 0. The van der Waals surface area contributed by atoms with Gasteiger partial charge in [0.15, 0.2) is 0 Å². The zero-order valence-corrected chi connectivity index (χ0v) is 18.4. The standard InChI is InChI=1S/C23H22N2O6S/c1-16-5-7-17(8-6-16)25-22(26)14-21(23(25)27)24(15-19-4-3-13-31-19)32(28,29)20-11-9-18(30-2)10-12-20/h3-13,21H,14-15H2,1-2H3. The van der Waals surface area contributed by atoms with E-state index in [2.05, 4.69) is 0 Å². The lowest BCUT2D eigenvalue weighted by Gasteiger charge is -2.26. The third-order valence-electron chi connectivity index (χ3n) is 5.32. The minimum atomic E-state index is -4.14. The summed E-state index contributed by atoms with van der Waals surface area (Å²) in [6.45, 7) is 1.71. The van der Waals surface area contributed by atoms with Crippen LogP contribution in [0, 0.1) is 6.92 Å². The number of furan rings is 1. The van der Waals surface area contributed by atoms with Crippen LogP contribution in [0.5, 0.6) is 5.75 Å². The third-order valence-corrected chi connectivity index (χ3v) is 7.19. The SMILES string of the molecule is COc1ccc(S(=O)(=O)N(Cc2ccco2)C2CC(=O)N(c3ccc(C)cc3)C2=O)cc1. The molecular weight excluding hydrogens is 432 g/mol. The largest absolute Gasteiger partial charge is 0.497 e. The predicted octanol–water partition coefficient (Wildman–Crippen LogP) is 3.12. The fraction of sp³-hybridized carbons (Fsp3) is 0.217. The first kappa shape index (κ1) is 21.8. The topological polar surface area (TPSA) is 97.1 Å². The van der Waals surface area contributed by atoms with Gasteiger partial charge in [0.1, 0.15) is 17.6 Å². The second-order valence-corrected chi connectivity index (χ2v) is 9.32. The first-order valence-electron chi connectivity index (χ1n) is 9.93. The second-order valence-electron chi connectivity index (χ2n) is 7.43. The molecule has 2 aromatic carbocycles. The van der Waals surface area contributed by atoms with Crippen LogP contribution in [0.15, 0.2) is 76.2 Å². The quantitative estimate of drug-likeness (QED) is 0.509. The number of amides is 2. The van der Waals surface area contributed by atoms with Crippen molar-refractivity contribution in [3.05, 3.63) is 78.3 Å². The van der Waals surface area contributed by atoms with Gasteiger partial charge in [-0.05, 0) is 55.5 Å². The molecule has 2 heterocycles. The molecule has 4 rings (SSSR count). The molecule has 1 aliphatic rings. The Balaban J connectivity index is 1.72. The number of benzene rings is 2. The van der Waals surface area contributed by atoms with E-state index in [4.69, 9.17) is 9.15 Å². The number of hydrogen-bond acceptors (Lipinski definition) is 6. The van der Waals surface area contributed by atoms with Crippen LogP contribution in [0.4, 0.5) is 5.69 Å². The molecule has 0 aliphatic carbocycles. The molecule has 1 saturated heterocycles. The number of ether oxygens (including phenoxy) is 1. The van der Waals surface area contributed by atoms with Crippen LogP contribution in [0.2, 0.25) is 0 Å². The first-order valence-corrected chi connectivity index (χ1v) is 11.4. The van der Waals surface area contributed by atoms with Gasteiger partial charge in [-0.3, -0.25) is 9.59 Å². The highest BCUT2D eigenvalue weighted by molar-refractivity contribution is 7.89. The van der Waals surface area contributed by atoms with Gasteiger partial charge in [-0.1, -0.05) is 17.7 Å². The number of anilines is 1. The van der Waals surface area contributed by atoms with Crippen LogP contribution in [0.3, 0.4) is 0 Å². The molecule has 1 unspecified atom stereocenters. The maximum Gasteiger partial charge on any atom is 0.252 e. The lowest BCUT2D eigenvalue weighted by atomic mass is 10.2. The molecule has 1 aliphatic heterocycles. The molecule has 32 heavy (non-hydrogen) atoms. The van der Waals surface area contributed by atoms with E-state index in [0.29, 0.717) is 17.2 Å². The van der Waals surface area contributed by atoms with Gasteiger partial charge >= 0.3 is 0 Å². The molecule has 3 aromatic rings. The second kappa shape index (κ2) is 8.60. The van der Waals surface area contributed by atoms with Gasteiger partial charge in [0.25, 0.3) is 5.91 Å². The van der Waals surface area contributed by atoms with E-state index in [-0.39, 0.29) is 17.9 Å². The maximum absolute atomic E-state index is 13.5. The third kappa shape index (κ3) is 4.04. The monoisotopic (exact) mass is 454 g/mol. The Morgan fingerprint density at radius 2 is 1.75 bits per heavy atom. The molecular formula is C23H22N2O6S. The predicted molar refractivity (Wildman–Crippen MR) is 117 cm³/mol. The molecule has 1 aromatic heterocycles. The summed E-state index contributed by atoms with van der Waals surface area (Å²) in [5, 5.41) is 0. The summed E-state index contributed by atoms with van der Waals surface area (Å²) in [5.74, 6) is -0.198. The molecule has 8 nitrogen and oxygen atoms in total. The summed E-state index contributed by atoms with van der Waals surface area (Å²) < 4.78 is 38.6. The highest BCUT2D eigenvalue weighted by Gasteiger charge is 2.47. The zero-order valence-electron chi connectivity index (χ0n) is 17.6. The van der Waals surface area contributed by atoms with E-state index >= 15 is 0 Å². The lowest BCUT2D eigenvalue weighted by Crippen LogP contribution is -2.45. The van der Waals surface area contributed by atoms with Gasteiger partial charge in [0, 0.05) is 0 Å². The van der Waals surface area contributed by atoms with Gasteiger partial charge in [-0.2, -0.15) is 4.31 Å². The normalized spacial score (nSPS) is 16.7. The van der Waals surface area contributed by atoms with E-state index in [1.54, 1.807) is 36.4 Å². The molecule has 2 amide bonds. The Labute approximate surface area is 186 Å². The number of carbonyl (C=O) groups is 2. The van der Waals surface area contributed by atoms with E-state index in [9.17, 15) is 18.0 Å². The van der Waals surface area contributed by atoms with Gasteiger partial charge in [0.05, 0.1) is 36.9 Å². The highest BCUT2D eigenvalue weighted by Crippen LogP contribution is 2.31. The average molecular weight is 455 g/mol. The number of imide groups is 1. The molecule has 1 atom stereocenters. The van der Waals surface area contributed by atoms with Crippen molar-refractivity contribution in [3.8, 4) is 5.75 Å². The Morgan fingerprint density at radius 1 is 1.06 bits per heavy atom. The Bertz CT molecular complexity index is 1220. The molecule has 0 saturated carbocycles. The molecule has 0 spiro atoms. The lowest BCUT2D eigenvalue weighted by molar-refractivity contribution is -0.122. The van der Waals surface area contributed by atoms with Crippen LogP contribution < -0.4 is 9.64 Å². The van der Waals surface area contributed by atoms with Crippen molar-refractivity contribution < 1.29 is 27.2 Å². The molecule has 9 heteroatoms. The molecule has 1 fully saturated rings. The van der Waals surface area contributed by atoms with E-state index < -0.39 is 27.9 Å². The number of methoxy groups -OCH3 is 1. The fourth-order valence-electron chi connectivity index (χ4n) is 3.61. The Morgan fingerprint density at radius 3 is 2.34 bits per heavy atom. The van der Waals surface area contributed by atoms with Crippen molar-refractivity contribution in [1.82, 2.24) is 4.31 Å². The minimum Gasteiger partial charge on any atom is -0.497 e. The van der Waals surface area contributed by atoms with Crippen molar-refractivity contribution in [2.75, 3.05) is 12.0 Å². The number of nitrogens with zero attached hydrogens (tertiary/aromatic N) is 2. The van der Waals surface area contributed by atoms with Gasteiger partial charge < -0.3 is 9.15 Å². The summed E-state index contributed by atoms with van der Waals surface area (Å²) in [7, 11) is -2.65. The molecule has 0 radical (unpaired) electrons.